The van der Waals surface area contributed by atoms with Gasteiger partial charge in [-0.15, -0.1) is 0 Å². The Kier molecular flexibility index (Phi) is 6.64. The van der Waals surface area contributed by atoms with Crippen LogP contribution in [-0.4, -0.2) is 32.4 Å². The summed E-state index contributed by atoms with van der Waals surface area (Å²) in [4.78, 5) is 11.3. The van der Waals surface area contributed by atoms with Gasteiger partial charge in [-0.25, -0.2) is 4.79 Å². The Morgan fingerprint density at radius 2 is 1.89 bits per heavy atom. The van der Waals surface area contributed by atoms with E-state index in [1.165, 1.54) is 0 Å². The van der Waals surface area contributed by atoms with E-state index in [-0.39, 0.29) is 13.2 Å². The maximum Gasteiger partial charge on any atom is 0.344 e. The molecule has 0 radical (unpaired) electrons. The van der Waals surface area contributed by atoms with E-state index < -0.39 is 5.97 Å². The van der Waals surface area contributed by atoms with Gasteiger partial charge in [0.2, 0.25) is 0 Å². The van der Waals surface area contributed by atoms with Crippen molar-refractivity contribution in [3.8, 4) is 5.75 Å². The van der Waals surface area contributed by atoms with Crippen molar-refractivity contribution in [2.45, 2.75) is 13.3 Å². The Balaban J connectivity index is 2.11. The Bertz CT molecular complexity index is 351. The van der Waals surface area contributed by atoms with Crippen LogP contribution in [0.25, 0.3) is 0 Å². The molecular formula is C13H19NO4. The molecule has 0 aliphatic rings. The highest BCUT2D eigenvalue weighted by molar-refractivity contribution is 5.71. The summed E-state index contributed by atoms with van der Waals surface area (Å²) in [7, 11) is 0. The van der Waals surface area contributed by atoms with E-state index in [2.05, 4.69) is 0 Å². The summed E-state index contributed by atoms with van der Waals surface area (Å²) in [6, 6.07) is 6.82. The summed E-state index contributed by atoms with van der Waals surface area (Å²) >= 11 is 0. The molecule has 0 aromatic heterocycles. The van der Waals surface area contributed by atoms with E-state index in [0.717, 1.165) is 6.42 Å². The second-order valence-corrected chi connectivity index (χ2v) is 3.69. The van der Waals surface area contributed by atoms with Gasteiger partial charge in [0.25, 0.3) is 0 Å². The molecule has 0 aliphatic heterocycles. The third kappa shape index (κ3) is 6.10. The Morgan fingerprint density at radius 3 is 2.56 bits per heavy atom. The van der Waals surface area contributed by atoms with Crippen molar-refractivity contribution in [2.24, 2.45) is 0 Å². The standard InChI is InChI=1S/C13H19NO4/c1-2-7-16-8-9-17-13(15)10-18-12-5-3-11(14)4-6-12/h3-6H,2,7-10,14H2,1H3. The molecule has 0 heterocycles. The van der Waals surface area contributed by atoms with Gasteiger partial charge in [0.05, 0.1) is 6.61 Å². The molecule has 0 bridgehead atoms. The van der Waals surface area contributed by atoms with Crippen LogP contribution in [0.2, 0.25) is 0 Å². The smallest absolute Gasteiger partial charge is 0.344 e. The number of carbonyl (C=O) groups excluding carboxylic acids is 1. The summed E-state index contributed by atoms with van der Waals surface area (Å²) in [6.45, 7) is 3.26. The molecule has 5 nitrogen and oxygen atoms in total. The van der Waals surface area contributed by atoms with E-state index in [9.17, 15) is 4.79 Å². The van der Waals surface area contributed by atoms with Crippen molar-refractivity contribution in [3.05, 3.63) is 24.3 Å². The first-order valence-electron chi connectivity index (χ1n) is 5.94. The number of anilines is 1. The number of ether oxygens (including phenoxy) is 3. The number of nitrogen functional groups attached to an aromatic ring is 1. The molecule has 100 valence electrons. The summed E-state index contributed by atoms with van der Waals surface area (Å²) < 4.78 is 15.3. The predicted octanol–water partition coefficient (Wildman–Crippen LogP) is 1.62. The van der Waals surface area contributed by atoms with Gasteiger partial charge in [-0.05, 0) is 30.7 Å². The molecule has 1 aromatic rings. The summed E-state index contributed by atoms with van der Waals surface area (Å²) in [5.41, 5.74) is 6.18. The van der Waals surface area contributed by atoms with Crippen LogP contribution < -0.4 is 10.5 Å². The fourth-order valence-corrected chi connectivity index (χ4v) is 1.21. The van der Waals surface area contributed by atoms with Gasteiger partial charge < -0.3 is 19.9 Å². The Labute approximate surface area is 107 Å². The second-order valence-electron chi connectivity index (χ2n) is 3.69. The van der Waals surface area contributed by atoms with Crippen molar-refractivity contribution in [1.82, 2.24) is 0 Å². The zero-order chi connectivity index (χ0) is 13.2. The lowest BCUT2D eigenvalue weighted by Gasteiger charge is -2.07. The number of rotatable bonds is 8. The van der Waals surface area contributed by atoms with Gasteiger partial charge in [-0.1, -0.05) is 6.92 Å². The molecule has 18 heavy (non-hydrogen) atoms. The first-order valence-corrected chi connectivity index (χ1v) is 5.94. The number of nitrogens with two attached hydrogens (primary N) is 1. The molecule has 1 aromatic carbocycles. The molecule has 0 saturated heterocycles. The number of carbonyl (C=O) groups is 1. The molecular weight excluding hydrogens is 234 g/mol. The summed E-state index contributed by atoms with van der Waals surface area (Å²) in [5, 5.41) is 0. The first-order chi connectivity index (χ1) is 8.72. The van der Waals surface area contributed by atoms with Crippen molar-refractivity contribution in [1.29, 1.82) is 0 Å². The van der Waals surface area contributed by atoms with Crippen molar-refractivity contribution in [3.63, 3.8) is 0 Å². The number of hydrogen-bond donors (Lipinski definition) is 1. The zero-order valence-electron chi connectivity index (χ0n) is 10.6. The summed E-state index contributed by atoms with van der Waals surface area (Å²) in [5.74, 6) is 0.176. The highest BCUT2D eigenvalue weighted by atomic mass is 16.6. The largest absolute Gasteiger partial charge is 0.482 e. The minimum Gasteiger partial charge on any atom is -0.482 e. The topological polar surface area (TPSA) is 70.8 Å². The van der Waals surface area contributed by atoms with Gasteiger partial charge in [-0.2, -0.15) is 0 Å². The van der Waals surface area contributed by atoms with Crippen LogP contribution in [0.1, 0.15) is 13.3 Å². The lowest BCUT2D eigenvalue weighted by atomic mass is 10.3. The van der Waals surface area contributed by atoms with Gasteiger partial charge in [0.15, 0.2) is 6.61 Å². The molecule has 0 amide bonds. The van der Waals surface area contributed by atoms with Crippen LogP contribution >= 0.6 is 0 Å². The monoisotopic (exact) mass is 253 g/mol. The van der Waals surface area contributed by atoms with Crippen LogP contribution in [0, 0.1) is 0 Å². The Morgan fingerprint density at radius 1 is 1.17 bits per heavy atom. The van der Waals surface area contributed by atoms with E-state index in [4.69, 9.17) is 19.9 Å². The lowest BCUT2D eigenvalue weighted by molar-refractivity contribution is -0.147. The van der Waals surface area contributed by atoms with Crippen LogP contribution in [-0.2, 0) is 14.3 Å². The SMILES string of the molecule is CCCOCCOC(=O)COc1ccc(N)cc1. The fraction of sp³-hybridized carbons (Fsp3) is 0.462. The van der Waals surface area contributed by atoms with E-state index in [0.29, 0.717) is 24.7 Å². The van der Waals surface area contributed by atoms with Gasteiger partial charge in [0, 0.05) is 12.3 Å². The second kappa shape index (κ2) is 8.36. The molecule has 0 atom stereocenters. The Hall–Kier alpha value is -1.75. The minimum absolute atomic E-state index is 0.113. The first kappa shape index (κ1) is 14.3. The highest BCUT2D eigenvalue weighted by Crippen LogP contribution is 2.12. The fourth-order valence-electron chi connectivity index (χ4n) is 1.21. The molecule has 0 unspecified atom stereocenters. The van der Waals surface area contributed by atoms with Crippen molar-refractivity contribution >= 4 is 11.7 Å². The van der Waals surface area contributed by atoms with Gasteiger partial charge in [0.1, 0.15) is 12.4 Å². The van der Waals surface area contributed by atoms with E-state index >= 15 is 0 Å². The van der Waals surface area contributed by atoms with Crippen LogP contribution in [0.5, 0.6) is 5.75 Å². The normalized spacial score (nSPS) is 10.1. The zero-order valence-corrected chi connectivity index (χ0v) is 10.6. The molecule has 1 rings (SSSR count). The summed E-state index contributed by atoms with van der Waals surface area (Å²) in [6.07, 6.45) is 0.953. The molecule has 0 fully saturated rings. The molecule has 2 N–H and O–H groups in total. The number of esters is 1. The highest BCUT2D eigenvalue weighted by Gasteiger charge is 2.03. The average molecular weight is 253 g/mol. The van der Waals surface area contributed by atoms with Crippen LogP contribution in [0.15, 0.2) is 24.3 Å². The van der Waals surface area contributed by atoms with Crippen LogP contribution in [0.4, 0.5) is 5.69 Å². The number of benzene rings is 1. The molecule has 0 aliphatic carbocycles. The third-order valence-corrected chi connectivity index (χ3v) is 2.08. The minimum atomic E-state index is -0.410. The van der Waals surface area contributed by atoms with Crippen molar-refractivity contribution < 1.29 is 19.0 Å². The molecule has 0 saturated carbocycles. The van der Waals surface area contributed by atoms with E-state index in [1.807, 2.05) is 6.92 Å². The number of hydrogen-bond acceptors (Lipinski definition) is 5. The third-order valence-electron chi connectivity index (χ3n) is 2.08. The van der Waals surface area contributed by atoms with Gasteiger partial charge in [-0.3, -0.25) is 0 Å². The molecule has 5 heteroatoms. The maximum absolute atomic E-state index is 11.3. The quantitative estimate of drug-likeness (QED) is 0.433. The average Bonchev–Trinajstić information content (AvgIpc) is 2.38. The van der Waals surface area contributed by atoms with Crippen molar-refractivity contribution in [2.75, 3.05) is 32.2 Å². The predicted molar refractivity (Wildman–Crippen MR) is 68.4 cm³/mol. The van der Waals surface area contributed by atoms with Gasteiger partial charge >= 0.3 is 5.97 Å². The van der Waals surface area contributed by atoms with E-state index in [1.54, 1.807) is 24.3 Å². The maximum atomic E-state index is 11.3. The van der Waals surface area contributed by atoms with Crippen LogP contribution in [0.3, 0.4) is 0 Å². The molecule has 0 spiro atoms. The lowest BCUT2D eigenvalue weighted by Crippen LogP contribution is -2.17.